The van der Waals surface area contributed by atoms with Gasteiger partial charge in [0.15, 0.2) is 0 Å². The van der Waals surface area contributed by atoms with E-state index in [0.717, 1.165) is 4.90 Å². The molecule has 2 N–H and O–H groups in total. The van der Waals surface area contributed by atoms with E-state index in [0.29, 0.717) is 5.69 Å². The smallest absolute Gasteiger partial charge is 0.0735 e. The van der Waals surface area contributed by atoms with E-state index < -0.39 is 0 Å². The predicted molar refractivity (Wildman–Crippen MR) is 39.1 cm³/mol. The molecule has 3 heteroatoms. The summed E-state index contributed by atoms with van der Waals surface area (Å²) in [5.74, 6) is 0. The van der Waals surface area contributed by atoms with Crippen molar-refractivity contribution in [3.63, 3.8) is 0 Å². The molecule has 1 aromatic rings. The van der Waals surface area contributed by atoms with Gasteiger partial charge in [0.1, 0.15) is 0 Å². The summed E-state index contributed by atoms with van der Waals surface area (Å²) in [5.41, 5.74) is 2.64. The maximum absolute atomic E-state index is 8.42. The standard InChI is InChI=1S/C6H7NOS/c8-7-5-3-1-2-4-6(5)9/h1-4,7-9H. The molecule has 0 spiro atoms. The zero-order valence-electron chi connectivity index (χ0n) is 4.70. The second-order valence-electron chi connectivity index (χ2n) is 1.63. The highest BCUT2D eigenvalue weighted by Crippen LogP contribution is 2.16. The molecule has 0 atom stereocenters. The average Bonchev–Trinajstić information content (AvgIpc) is 1.89. The van der Waals surface area contributed by atoms with Crippen LogP contribution < -0.4 is 5.48 Å². The number of benzene rings is 1. The molecule has 0 aromatic heterocycles. The lowest BCUT2D eigenvalue weighted by Crippen LogP contribution is -1.88. The Kier molecular flexibility index (Phi) is 1.97. The van der Waals surface area contributed by atoms with Crippen molar-refractivity contribution in [3.8, 4) is 0 Å². The van der Waals surface area contributed by atoms with Gasteiger partial charge in [-0.3, -0.25) is 10.7 Å². The summed E-state index contributed by atoms with van der Waals surface area (Å²) in [6, 6.07) is 7.20. The van der Waals surface area contributed by atoms with Gasteiger partial charge in [0.2, 0.25) is 0 Å². The molecule has 0 bridgehead atoms. The summed E-state index contributed by atoms with van der Waals surface area (Å²) in [6.07, 6.45) is 0. The van der Waals surface area contributed by atoms with Crippen LogP contribution in [0, 0.1) is 0 Å². The van der Waals surface area contributed by atoms with Crippen molar-refractivity contribution in [1.82, 2.24) is 0 Å². The fraction of sp³-hybridized carbons (Fsp3) is 0. The zero-order chi connectivity index (χ0) is 6.69. The van der Waals surface area contributed by atoms with E-state index in [4.69, 9.17) is 5.21 Å². The van der Waals surface area contributed by atoms with Crippen molar-refractivity contribution in [2.45, 2.75) is 4.90 Å². The molecular weight excluding hydrogens is 134 g/mol. The molecule has 0 aliphatic carbocycles. The predicted octanol–water partition coefficient (Wildman–Crippen LogP) is 1.78. The number of thiol groups is 1. The largest absolute Gasteiger partial charge is 0.291 e. The van der Waals surface area contributed by atoms with E-state index in [2.05, 4.69) is 12.6 Å². The third-order valence-electron chi connectivity index (χ3n) is 1.02. The van der Waals surface area contributed by atoms with E-state index in [1.165, 1.54) is 0 Å². The van der Waals surface area contributed by atoms with Gasteiger partial charge in [-0.05, 0) is 12.1 Å². The van der Waals surface area contributed by atoms with Crippen LogP contribution in [0.15, 0.2) is 29.2 Å². The Morgan fingerprint density at radius 3 is 2.44 bits per heavy atom. The number of hydrogen-bond acceptors (Lipinski definition) is 3. The number of nitrogens with one attached hydrogen (secondary N) is 1. The Labute approximate surface area is 58.9 Å². The SMILES string of the molecule is ONc1ccccc1S. The molecule has 0 saturated heterocycles. The molecule has 0 amide bonds. The Morgan fingerprint density at radius 2 is 2.00 bits per heavy atom. The highest BCUT2D eigenvalue weighted by molar-refractivity contribution is 7.80. The molecule has 0 saturated carbocycles. The van der Waals surface area contributed by atoms with Gasteiger partial charge in [0.05, 0.1) is 5.69 Å². The quantitative estimate of drug-likeness (QED) is 0.411. The van der Waals surface area contributed by atoms with Crippen molar-refractivity contribution in [2.75, 3.05) is 5.48 Å². The molecular formula is C6H7NOS. The van der Waals surface area contributed by atoms with Crippen LogP contribution in [0.2, 0.25) is 0 Å². The summed E-state index contributed by atoms with van der Waals surface area (Å²) < 4.78 is 0. The fourth-order valence-corrected chi connectivity index (χ4v) is 0.779. The Morgan fingerprint density at radius 1 is 1.33 bits per heavy atom. The Bertz CT molecular complexity index is 202. The van der Waals surface area contributed by atoms with Gasteiger partial charge in [-0.25, -0.2) is 0 Å². The average molecular weight is 141 g/mol. The molecule has 2 nitrogen and oxygen atoms in total. The summed E-state index contributed by atoms with van der Waals surface area (Å²) in [5, 5.41) is 8.42. The second-order valence-corrected chi connectivity index (χ2v) is 2.11. The zero-order valence-corrected chi connectivity index (χ0v) is 5.60. The molecule has 0 radical (unpaired) electrons. The lowest BCUT2D eigenvalue weighted by molar-refractivity contribution is 0.387. The van der Waals surface area contributed by atoms with Gasteiger partial charge in [-0.15, -0.1) is 12.6 Å². The summed E-state index contributed by atoms with van der Waals surface area (Å²) in [7, 11) is 0. The highest BCUT2D eigenvalue weighted by Gasteiger charge is 1.90. The number of hydrogen-bond donors (Lipinski definition) is 3. The van der Waals surface area contributed by atoms with Crippen molar-refractivity contribution >= 4 is 18.3 Å². The highest BCUT2D eigenvalue weighted by atomic mass is 32.1. The van der Waals surface area contributed by atoms with Crippen molar-refractivity contribution in [2.24, 2.45) is 0 Å². The first-order chi connectivity index (χ1) is 4.34. The lowest BCUT2D eigenvalue weighted by atomic mass is 10.3. The van der Waals surface area contributed by atoms with Gasteiger partial charge in [-0.2, -0.15) is 0 Å². The molecule has 48 valence electrons. The monoisotopic (exact) mass is 141 g/mol. The third kappa shape index (κ3) is 1.37. The van der Waals surface area contributed by atoms with E-state index in [-0.39, 0.29) is 0 Å². The first-order valence-corrected chi connectivity index (χ1v) is 2.97. The molecule has 9 heavy (non-hydrogen) atoms. The summed E-state index contributed by atoms with van der Waals surface area (Å²) in [6.45, 7) is 0. The number of anilines is 1. The van der Waals surface area contributed by atoms with Crippen molar-refractivity contribution in [3.05, 3.63) is 24.3 Å². The van der Waals surface area contributed by atoms with Crippen LogP contribution >= 0.6 is 12.6 Å². The normalized spacial score (nSPS) is 9.11. The van der Waals surface area contributed by atoms with Crippen LogP contribution in [0.1, 0.15) is 0 Å². The first kappa shape index (κ1) is 6.45. The van der Waals surface area contributed by atoms with E-state index in [1.807, 2.05) is 17.6 Å². The fourth-order valence-electron chi connectivity index (χ4n) is 0.568. The minimum atomic E-state index is 0.626. The minimum Gasteiger partial charge on any atom is -0.291 e. The van der Waals surface area contributed by atoms with Gasteiger partial charge in [-0.1, -0.05) is 12.1 Å². The Hall–Kier alpha value is -0.670. The maximum Gasteiger partial charge on any atom is 0.0735 e. The van der Waals surface area contributed by atoms with Gasteiger partial charge in [0, 0.05) is 4.90 Å². The molecule has 1 rings (SSSR count). The minimum absolute atomic E-state index is 0.626. The van der Waals surface area contributed by atoms with Gasteiger partial charge < -0.3 is 0 Å². The van der Waals surface area contributed by atoms with Crippen LogP contribution in [0.25, 0.3) is 0 Å². The number of rotatable bonds is 1. The molecule has 1 aromatic carbocycles. The van der Waals surface area contributed by atoms with Crippen LogP contribution in [0.3, 0.4) is 0 Å². The van der Waals surface area contributed by atoms with Crippen LogP contribution in [-0.4, -0.2) is 5.21 Å². The van der Waals surface area contributed by atoms with Crippen LogP contribution in [-0.2, 0) is 0 Å². The van der Waals surface area contributed by atoms with E-state index >= 15 is 0 Å². The summed E-state index contributed by atoms with van der Waals surface area (Å²) >= 11 is 4.06. The van der Waals surface area contributed by atoms with Crippen LogP contribution in [0.4, 0.5) is 5.69 Å². The topological polar surface area (TPSA) is 32.3 Å². The molecule has 0 heterocycles. The van der Waals surface area contributed by atoms with Crippen molar-refractivity contribution < 1.29 is 5.21 Å². The van der Waals surface area contributed by atoms with Crippen LogP contribution in [0.5, 0.6) is 0 Å². The molecule has 0 fully saturated rings. The number of para-hydroxylation sites is 1. The van der Waals surface area contributed by atoms with E-state index in [1.54, 1.807) is 12.1 Å². The van der Waals surface area contributed by atoms with E-state index in [9.17, 15) is 0 Å². The third-order valence-corrected chi connectivity index (χ3v) is 1.41. The maximum atomic E-state index is 8.42. The molecule has 0 unspecified atom stereocenters. The lowest BCUT2D eigenvalue weighted by Gasteiger charge is -1.99. The van der Waals surface area contributed by atoms with Gasteiger partial charge >= 0.3 is 0 Å². The van der Waals surface area contributed by atoms with Gasteiger partial charge in [0.25, 0.3) is 0 Å². The first-order valence-electron chi connectivity index (χ1n) is 2.52. The molecule has 0 aliphatic heterocycles. The second kappa shape index (κ2) is 2.75. The Balaban J connectivity index is 3.01. The van der Waals surface area contributed by atoms with Crippen molar-refractivity contribution in [1.29, 1.82) is 0 Å². The summed E-state index contributed by atoms with van der Waals surface area (Å²) in [4.78, 5) is 0.736. The molecule has 0 aliphatic rings.